The number of thioether (sulfide) groups is 1. The minimum atomic E-state index is -0.817. The molecule has 2 aromatic carbocycles. The van der Waals surface area contributed by atoms with E-state index in [1.807, 2.05) is 61.5 Å². The van der Waals surface area contributed by atoms with Gasteiger partial charge in [-0.05, 0) is 68.9 Å². The second-order valence-corrected chi connectivity index (χ2v) is 15.5. The summed E-state index contributed by atoms with van der Waals surface area (Å²) < 4.78 is 4.29. The van der Waals surface area contributed by atoms with Crippen LogP contribution in [-0.2, 0) is 20.9 Å². The van der Waals surface area contributed by atoms with Gasteiger partial charge in [0.15, 0.2) is 0 Å². The molecule has 6 atom stereocenters. The van der Waals surface area contributed by atoms with Crippen molar-refractivity contribution in [3.63, 3.8) is 0 Å². The third-order valence-electron chi connectivity index (χ3n) is 9.98. The van der Waals surface area contributed by atoms with Crippen LogP contribution in [0.2, 0.25) is 0 Å². The summed E-state index contributed by atoms with van der Waals surface area (Å²) in [5.41, 5.74) is 1.68. The highest BCUT2D eigenvalue weighted by molar-refractivity contribution is 8.02. The summed E-state index contributed by atoms with van der Waals surface area (Å²) in [6, 6.07) is 15.9. The highest BCUT2D eigenvalue weighted by Crippen LogP contribution is 2.72. The van der Waals surface area contributed by atoms with Crippen LogP contribution in [0, 0.1) is 17.8 Å². The van der Waals surface area contributed by atoms with Gasteiger partial charge < -0.3 is 24.5 Å². The fourth-order valence-electron chi connectivity index (χ4n) is 8.11. The van der Waals surface area contributed by atoms with E-state index in [2.05, 4.69) is 33.9 Å². The molecule has 0 saturated carbocycles. The number of nitrogens with zero attached hydrogens (tertiary/aromatic N) is 3. The molecule has 3 aliphatic heterocycles. The van der Waals surface area contributed by atoms with E-state index in [1.54, 1.807) is 38.6 Å². The minimum absolute atomic E-state index is 0.145. The Morgan fingerprint density at radius 1 is 1.06 bits per heavy atom. The fourth-order valence-corrected chi connectivity index (χ4v) is 10.4. The first-order valence-corrected chi connectivity index (χ1v) is 17.6. The van der Waals surface area contributed by atoms with Crippen molar-refractivity contribution < 1.29 is 24.2 Å². The predicted octanol–water partition coefficient (Wildman–Crippen LogP) is 5.71. The molecule has 47 heavy (non-hydrogen) atoms. The number of amides is 3. The number of ether oxygens (including phenoxy) is 1. The Balaban J connectivity index is 1.58. The molecular formula is C38H49N3O5S. The van der Waals surface area contributed by atoms with E-state index >= 15 is 0 Å². The number of anilines is 1. The summed E-state index contributed by atoms with van der Waals surface area (Å²) in [5.74, 6) is -0.969. The lowest BCUT2D eigenvalue weighted by atomic mass is 9.66. The van der Waals surface area contributed by atoms with Gasteiger partial charge in [0.25, 0.3) is 0 Å². The predicted molar refractivity (Wildman–Crippen MR) is 188 cm³/mol. The van der Waals surface area contributed by atoms with Gasteiger partial charge in [0.1, 0.15) is 11.8 Å². The van der Waals surface area contributed by atoms with Crippen molar-refractivity contribution in [2.75, 3.05) is 31.2 Å². The van der Waals surface area contributed by atoms with Crippen LogP contribution in [0.3, 0.4) is 0 Å². The highest BCUT2D eigenvalue weighted by Gasteiger charge is 2.78. The maximum atomic E-state index is 14.9. The molecule has 252 valence electrons. The number of likely N-dealkylation sites (tertiary alicyclic amines) is 1. The number of rotatable bonds is 15. The molecule has 1 N–H and O–H groups in total. The second kappa shape index (κ2) is 14.3. The van der Waals surface area contributed by atoms with Gasteiger partial charge in [-0.3, -0.25) is 14.4 Å². The molecule has 5 rings (SSSR count). The number of aliphatic hydroxyl groups is 1. The summed E-state index contributed by atoms with van der Waals surface area (Å²) in [7, 11) is 0. The number of hydrogen-bond acceptors (Lipinski definition) is 6. The maximum absolute atomic E-state index is 14.9. The van der Waals surface area contributed by atoms with E-state index in [1.165, 1.54) is 0 Å². The molecule has 8 nitrogen and oxygen atoms in total. The maximum Gasteiger partial charge on any atom is 0.247 e. The molecule has 9 heteroatoms. The molecular weight excluding hydrogens is 611 g/mol. The van der Waals surface area contributed by atoms with E-state index in [0.29, 0.717) is 50.4 Å². The van der Waals surface area contributed by atoms with E-state index in [-0.39, 0.29) is 36.8 Å². The first-order chi connectivity index (χ1) is 22.5. The van der Waals surface area contributed by atoms with Crippen molar-refractivity contribution in [2.45, 2.75) is 75.1 Å². The summed E-state index contributed by atoms with van der Waals surface area (Å²) >= 11 is 1.65. The van der Waals surface area contributed by atoms with E-state index in [9.17, 15) is 19.5 Å². The Morgan fingerprint density at radius 2 is 1.74 bits per heavy atom. The van der Waals surface area contributed by atoms with Crippen LogP contribution in [0.1, 0.15) is 52.5 Å². The molecule has 2 aromatic rings. The van der Waals surface area contributed by atoms with Crippen molar-refractivity contribution in [1.82, 2.24) is 9.80 Å². The third kappa shape index (κ3) is 6.36. The molecule has 2 unspecified atom stereocenters. The number of benzene rings is 2. The molecule has 1 spiro atoms. The van der Waals surface area contributed by atoms with Crippen LogP contribution < -0.4 is 9.64 Å². The molecule has 2 bridgehead atoms. The average molecular weight is 660 g/mol. The Bertz CT molecular complexity index is 1470. The largest absolute Gasteiger partial charge is 0.494 e. The van der Waals surface area contributed by atoms with Crippen molar-refractivity contribution in [3.8, 4) is 5.75 Å². The standard InChI is InChI=1S/C38H49N3O5S/c1-7-21-39(24-27-13-11-10-12-14-27)36(45)33-38-20-19-37(6,47-38)31(32(38)35(44)41(33)29(25-42)23-26(4)5)34(43)40(22-8-2)28-15-17-30(18-16-28)46-9-3/h7-8,10-18,26,29,31-33,42H,1-2,9,19-25H2,3-6H3/t29-,31+,32+,33?,37-,38?/m1/s1. The van der Waals surface area contributed by atoms with Crippen LogP contribution in [-0.4, -0.2) is 80.5 Å². The number of carbonyl (C=O) groups is 3. The van der Waals surface area contributed by atoms with Gasteiger partial charge in [-0.1, -0.05) is 56.3 Å². The SMILES string of the molecule is C=CCN(Cc1ccccc1)C(=O)C1N([C@@H](CO)CC(C)C)C(=O)[C@@H]2[C@@H](C(=O)N(CC=C)c3ccc(OCC)cc3)[C@@]3(C)CCC12S3. The first kappa shape index (κ1) is 34.8. The first-order valence-electron chi connectivity index (χ1n) is 16.8. The molecule has 3 heterocycles. The van der Waals surface area contributed by atoms with E-state index in [0.717, 1.165) is 5.56 Å². The number of hydrogen-bond donors (Lipinski definition) is 1. The topological polar surface area (TPSA) is 90.4 Å². The highest BCUT2D eigenvalue weighted by atomic mass is 32.2. The lowest BCUT2D eigenvalue weighted by molar-refractivity contribution is -0.146. The second-order valence-electron chi connectivity index (χ2n) is 13.6. The zero-order valence-corrected chi connectivity index (χ0v) is 29.0. The van der Waals surface area contributed by atoms with E-state index in [4.69, 9.17) is 4.74 Å². The van der Waals surface area contributed by atoms with Crippen LogP contribution in [0.25, 0.3) is 0 Å². The molecule has 0 aromatic heterocycles. The number of aliphatic hydroxyl groups excluding tert-OH is 1. The molecule has 0 radical (unpaired) electrons. The summed E-state index contributed by atoms with van der Waals surface area (Å²) in [5, 5.41) is 10.7. The summed E-state index contributed by atoms with van der Waals surface area (Å²) in [6.45, 7) is 17.2. The smallest absolute Gasteiger partial charge is 0.247 e. The molecule has 3 fully saturated rings. The quantitative estimate of drug-likeness (QED) is 0.247. The Morgan fingerprint density at radius 3 is 2.34 bits per heavy atom. The van der Waals surface area contributed by atoms with Crippen molar-refractivity contribution >= 4 is 35.2 Å². The molecule has 0 aliphatic carbocycles. The van der Waals surface area contributed by atoms with Gasteiger partial charge >= 0.3 is 0 Å². The normalized spacial score (nSPS) is 26.6. The Hall–Kier alpha value is -3.56. The van der Waals surface area contributed by atoms with Crippen LogP contribution in [0.4, 0.5) is 5.69 Å². The number of fused-ring (bicyclic) bond motifs is 1. The van der Waals surface area contributed by atoms with Crippen molar-refractivity contribution in [2.24, 2.45) is 17.8 Å². The van der Waals surface area contributed by atoms with Gasteiger partial charge in [-0.15, -0.1) is 24.9 Å². The zero-order valence-electron chi connectivity index (χ0n) is 28.1. The lowest BCUT2D eigenvalue weighted by Gasteiger charge is -2.40. The molecule has 3 aliphatic rings. The summed E-state index contributed by atoms with van der Waals surface area (Å²) in [6.07, 6.45) is 5.30. The summed E-state index contributed by atoms with van der Waals surface area (Å²) in [4.78, 5) is 49.8. The fraction of sp³-hybridized carbons (Fsp3) is 0.500. The van der Waals surface area contributed by atoms with Crippen LogP contribution >= 0.6 is 11.8 Å². The Labute approximate surface area is 283 Å². The van der Waals surface area contributed by atoms with E-state index < -0.39 is 33.4 Å². The van der Waals surface area contributed by atoms with Crippen LogP contribution in [0.15, 0.2) is 79.9 Å². The number of carbonyl (C=O) groups excluding carboxylic acids is 3. The van der Waals surface area contributed by atoms with Gasteiger partial charge in [0.2, 0.25) is 17.7 Å². The van der Waals surface area contributed by atoms with Gasteiger partial charge in [-0.25, -0.2) is 0 Å². The monoisotopic (exact) mass is 659 g/mol. The van der Waals surface area contributed by atoms with Crippen LogP contribution in [0.5, 0.6) is 5.75 Å². The van der Waals surface area contributed by atoms with Crippen molar-refractivity contribution in [3.05, 3.63) is 85.5 Å². The third-order valence-corrected chi connectivity index (χ3v) is 12.0. The average Bonchev–Trinajstić information content (AvgIpc) is 3.63. The molecule has 3 amide bonds. The van der Waals surface area contributed by atoms with Gasteiger partial charge in [0, 0.05) is 30.1 Å². The Kier molecular flexibility index (Phi) is 10.6. The lowest BCUT2D eigenvalue weighted by Crippen LogP contribution is -2.57. The van der Waals surface area contributed by atoms with Gasteiger partial charge in [0.05, 0.1) is 35.8 Å². The van der Waals surface area contributed by atoms with Gasteiger partial charge in [-0.2, -0.15) is 0 Å². The zero-order chi connectivity index (χ0) is 33.9. The molecule has 3 saturated heterocycles. The minimum Gasteiger partial charge on any atom is -0.494 e. The van der Waals surface area contributed by atoms with Crippen molar-refractivity contribution in [1.29, 1.82) is 0 Å².